The number of aliphatic hydroxyl groups is 1. The van der Waals surface area contributed by atoms with E-state index >= 15 is 0 Å². The van der Waals surface area contributed by atoms with E-state index in [-0.39, 0.29) is 5.91 Å². The molecule has 0 saturated carbocycles. The predicted octanol–water partition coefficient (Wildman–Crippen LogP) is 2.26. The van der Waals surface area contributed by atoms with Gasteiger partial charge in [0.05, 0.1) is 5.60 Å². The minimum absolute atomic E-state index is 0.0526. The Hall–Kier alpha value is -1.10. The number of amides is 1. The van der Waals surface area contributed by atoms with Crippen LogP contribution in [0.1, 0.15) is 30.6 Å². The molecular weight excluding hydrogens is 288 g/mol. The smallest absolute Gasteiger partial charge is 0.253 e. The van der Waals surface area contributed by atoms with Crippen LogP contribution in [0.3, 0.4) is 0 Å². The molecule has 1 aromatic carbocycles. The summed E-state index contributed by atoms with van der Waals surface area (Å²) in [5.41, 5.74) is -0.0228. The van der Waals surface area contributed by atoms with Gasteiger partial charge in [0.15, 0.2) is 0 Å². The highest BCUT2D eigenvalue weighted by Crippen LogP contribution is 2.14. The molecule has 1 fully saturated rings. The number of halogens is 1. The number of nitrogens with zero attached hydrogens (tertiary/aromatic N) is 2. The molecule has 1 aromatic rings. The lowest BCUT2D eigenvalue weighted by molar-refractivity contribution is 0.0374. The van der Waals surface area contributed by atoms with E-state index < -0.39 is 5.60 Å². The summed E-state index contributed by atoms with van der Waals surface area (Å²) in [5.74, 6) is 0.0526. The second-order valence-corrected chi connectivity index (χ2v) is 6.68. The summed E-state index contributed by atoms with van der Waals surface area (Å²) >= 11 is 5.85. The van der Waals surface area contributed by atoms with E-state index in [1.807, 2.05) is 18.7 Å². The Kier molecular flexibility index (Phi) is 5.25. The number of hydrogen-bond acceptors (Lipinski definition) is 3. The summed E-state index contributed by atoms with van der Waals surface area (Å²) in [6.07, 6.45) is 0.926. The van der Waals surface area contributed by atoms with Crippen LogP contribution in [0.2, 0.25) is 5.02 Å². The van der Waals surface area contributed by atoms with Crippen LogP contribution < -0.4 is 0 Å². The lowest BCUT2D eigenvalue weighted by Crippen LogP contribution is -2.41. The quantitative estimate of drug-likeness (QED) is 0.931. The number of rotatable bonds is 3. The molecule has 2 rings (SSSR count). The summed E-state index contributed by atoms with van der Waals surface area (Å²) in [6, 6.07) is 7.02. The third kappa shape index (κ3) is 4.99. The largest absolute Gasteiger partial charge is 0.389 e. The fraction of sp³-hybridized carbons (Fsp3) is 0.562. The molecule has 1 aliphatic rings. The van der Waals surface area contributed by atoms with Crippen molar-refractivity contribution in [3.63, 3.8) is 0 Å². The highest BCUT2D eigenvalue weighted by molar-refractivity contribution is 6.30. The van der Waals surface area contributed by atoms with Gasteiger partial charge < -0.3 is 10.0 Å². The Morgan fingerprint density at radius 1 is 1.19 bits per heavy atom. The van der Waals surface area contributed by atoms with Gasteiger partial charge in [-0.3, -0.25) is 9.69 Å². The molecule has 0 atom stereocenters. The predicted molar refractivity (Wildman–Crippen MR) is 84.7 cm³/mol. The topological polar surface area (TPSA) is 43.8 Å². The van der Waals surface area contributed by atoms with Gasteiger partial charge in [0, 0.05) is 43.3 Å². The Morgan fingerprint density at radius 2 is 1.86 bits per heavy atom. The average Bonchev–Trinajstić information content (AvgIpc) is 2.62. The monoisotopic (exact) mass is 310 g/mol. The number of β-amino-alcohol motifs (C(OH)–C–C–N with tert-alkyl or cyclic N) is 1. The fourth-order valence-electron chi connectivity index (χ4n) is 2.65. The normalized spacial score (nSPS) is 17.6. The van der Waals surface area contributed by atoms with Gasteiger partial charge in [-0.15, -0.1) is 0 Å². The number of benzene rings is 1. The molecule has 5 heteroatoms. The Bertz CT molecular complexity index is 482. The van der Waals surface area contributed by atoms with E-state index in [0.717, 1.165) is 26.1 Å². The second-order valence-electron chi connectivity index (χ2n) is 6.24. The molecule has 0 bridgehead atoms. The summed E-state index contributed by atoms with van der Waals surface area (Å²) in [6.45, 7) is 7.41. The Morgan fingerprint density at radius 3 is 2.48 bits per heavy atom. The van der Waals surface area contributed by atoms with E-state index in [0.29, 0.717) is 23.7 Å². The van der Waals surface area contributed by atoms with E-state index in [1.54, 1.807) is 24.3 Å². The van der Waals surface area contributed by atoms with Crippen molar-refractivity contribution in [1.82, 2.24) is 9.80 Å². The SMILES string of the molecule is CC(C)(O)CN1CCCN(C(=O)c2ccc(Cl)cc2)CC1. The Labute approximate surface area is 131 Å². The van der Waals surface area contributed by atoms with Crippen LogP contribution in [0.15, 0.2) is 24.3 Å². The molecule has 4 nitrogen and oxygen atoms in total. The molecule has 21 heavy (non-hydrogen) atoms. The van der Waals surface area contributed by atoms with Gasteiger partial charge in [0.1, 0.15) is 0 Å². The molecule has 0 radical (unpaired) electrons. The van der Waals surface area contributed by atoms with Gasteiger partial charge in [-0.1, -0.05) is 11.6 Å². The van der Waals surface area contributed by atoms with E-state index in [4.69, 9.17) is 11.6 Å². The Balaban J connectivity index is 1.96. The molecular formula is C16H23ClN2O2. The van der Waals surface area contributed by atoms with Crippen molar-refractivity contribution in [1.29, 1.82) is 0 Å². The van der Waals surface area contributed by atoms with Gasteiger partial charge >= 0.3 is 0 Å². The highest BCUT2D eigenvalue weighted by Gasteiger charge is 2.23. The molecule has 1 amide bonds. The molecule has 1 N–H and O–H groups in total. The number of hydrogen-bond donors (Lipinski definition) is 1. The summed E-state index contributed by atoms with van der Waals surface area (Å²) in [7, 11) is 0. The van der Waals surface area contributed by atoms with Crippen LogP contribution in [0.25, 0.3) is 0 Å². The first kappa shape index (κ1) is 16.3. The van der Waals surface area contributed by atoms with E-state index in [9.17, 15) is 9.90 Å². The molecule has 0 unspecified atom stereocenters. The van der Waals surface area contributed by atoms with E-state index in [2.05, 4.69) is 4.90 Å². The van der Waals surface area contributed by atoms with Crippen LogP contribution >= 0.6 is 11.6 Å². The maximum atomic E-state index is 12.5. The standard InChI is InChI=1S/C16H23ClN2O2/c1-16(2,21)12-18-8-3-9-19(11-10-18)15(20)13-4-6-14(17)7-5-13/h4-7,21H,3,8-12H2,1-2H3. The highest BCUT2D eigenvalue weighted by atomic mass is 35.5. The second kappa shape index (κ2) is 6.77. The maximum Gasteiger partial charge on any atom is 0.253 e. The lowest BCUT2D eigenvalue weighted by atomic mass is 10.1. The van der Waals surface area contributed by atoms with Crippen molar-refractivity contribution >= 4 is 17.5 Å². The van der Waals surface area contributed by atoms with Crippen LogP contribution in [-0.4, -0.2) is 59.1 Å². The van der Waals surface area contributed by atoms with Crippen LogP contribution in [-0.2, 0) is 0 Å². The van der Waals surface area contributed by atoms with Gasteiger partial charge in [-0.25, -0.2) is 0 Å². The first-order valence-electron chi connectivity index (χ1n) is 7.35. The molecule has 0 aliphatic carbocycles. The fourth-order valence-corrected chi connectivity index (χ4v) is 2.78. The van der Waals surface area contributed by atoms with Crippen LogP contribution in [0.4, 0.5) is 0 Å². The van der Waals surface area contributed by atoms with Crippen molar-refractivity contribution in [3.05, 3.63) is 34.9 Å². The number of carbonyl (C=O) groups is 1. The zero-order valence-electron chi connectivity index (χ0n) is 12.7. The minimum atomic E-state index is -0.699. The van der Waals surface area contributed by atoms with Crippen molar-refractivity contribution in [2.45, 2.75) is 25.9 Å². The van der Waals surface area contributed by atoms with Gasteiger partial charge in [-0.2, -0.15) is 0 Å². The minimum Gasteiger partial charge on any atom is -0.389 e. The first-order valence-corrected chi connectivity index (χ1v) is 7.72. The molecule has 1 aliphatic heterocycles. The summed E-state index contributed by atoms with van der Waals surface area (Å²) < 4.78 is 0. The van der Waals surface area contributed by atoms with Crippen molar-refractivity contribution < 1.29 is 9.90 Å². The molecule has 1 saturated heterocycles. The van der Waals surface area contributed by atoms with Gasteiger partial charge in [0.25, 0.3) is 5.91 Å². The van der Waals surface area contributed by atoms with Gasteiger partial charge in [-0.05, 0) is 44.5 Å². The maximum absolute atomic E-state index is 12.5. The van der Waals surface area contributed by atoms with Crippen LogP contribution in [0, 0.1) is 0 Å². The third-order valence-corrected chi connectivity index (χ3v) is 3.83. The van der Waals surface area contributed by atoms with Crippen LogP contribution in [0.5, 0.6) is 0 Å². The lowest BCUT2D eigenvalue weighted by Gasteiger charge is -2.27. The molecule has 1 heterocycles. The summed E-state index contributed by atoms with van der Waals surface area (Å²) in [4.78, 5) is 16.6. The average molecular weight is 311 g/mol. The first-order chi connectivity index (χ1) is 9.85. The molecule has 0 spiro atoms. The van der Waals surface area contributed by atoms with E-state index in [1.165, 1.54) is 0 Å². The number of carbonyl (C=O) groups excluding carboxylic acids is 1. The third-order valence-electron chi connectivity index (χ3n) is 3.58. The van der Waals surface area contributed by atoms with Crippen molar-refractivity contribution in [2.75, 3.05) is 32.7 Å². The zero-order valence-corrected chi connectivity index (χ0v) is 13.4. The zero-order chi connectivity index (χ0) is 15.5. The van der Waals surface area contributed by atoms with Crippen molar-refractivity contribution in [2.24, 2.45) is 0 Å². The van der Waals surface area contributed by atoms with Gasteiger partial charge in [0.2, 0.25) is 0 Å². The molecule has 116 valence electrons. The summed E-state index contributed by atoms with van der Waals surface area (Å²) in [5, 5.41) is 10.5. The van der Waals surface area contributed by atoms with Crippen molar-refractivity contribution in [3.8, 4) is 0 Å². The molecule has 0 aromatic heterocycles.